The minimum atomic E-state index is 0.778. The van der Waals surface area contributed by atoms with Gasteiger partial charge in [-0.15, -0.1) is 0 Å². The molecular formula is C12H8N2O. The zero-order valence-corrected chi connectivity index (χ0v) is 7.92. The normalized spacial score (nSPS) is 10.7. The van der Waals surface area contributed by atoms with Crippen LogP contribution in [0.15, 0.2) is 53.5 Å². The first-order valence-electron chi connectivity index (χ1n) is 4.67. The fourth-order valence-corrected chi connectivity index (χ4v) is 1.59. The molecule has 0 amide bonds. The van der Waals surface area contributed by atoms with Crippen molar-refractivity contribution in [3.63, 3.8) is 0 Å². The van der Waals surface area contributed by atoms with Gasteiger partial charge in [-0.05, 0) is 24.3 Å². The summed E-state index contributed by atoms with van der Waals surface area (Å²) < 4.78 is 5.24. The monoisotopic (exact) mass is 196 g/mol. The van der Waals surface area contributed by atoms with Gasteiger partial charge in [0.15, 0.2) is 12.2 Å². The maximum Gasteiger partial charge on any atom is 0.181 e. The van der Waals surface area contributed by atoms with Crippen LogP contribution in [0.2, 0.25) is 0 Å². The molecule has 0 N–H and O–H groups in total. The summed E-state index contributed by atoms with van der Waals surface area (Å²) in [5.41, 5.74) is 2.01. The highest BCUT2D eigenvalue weighted by atomic mass is 16.3. The second-order valence-electron chi connectivity index (χ2n) is 3.28. The van der Waals surface area contributed by atoms with Gasteiger partial charge in [0.25, 0.3) is 0 Å². The molecule has 0 saturated heterocycles. The van der Waals surface area contributed by atoms with Crippen LogP contribution in [-0.2, 0) is 0 Å². The molecule has 0 aliphatic heterocycles. The molecule has 0 aliphatic rings. The SMILES string of the molecule is c1cnc2ccc(-c3cnco3)cc2c1. The zero-order valence-electron chi connectivity index (χ0n) is 7.92. The van der Waals surface area contributed by atoms with E-state index in [-0.39, 0.29) is 0 Å². The number of hydrogen-bond donors (Lipinski definition) is 0. The van der Waals surface area contributed by atoms with E-state index in [1.54, 1.807) is 12.4 Å². The van der Waals surface area contributed by atoms with Crippen molar-refractivity contribution in [3.8, 4) is 11.3 Å². The molecule has 3 nitrogen and oxygen atoms in total. The Labute approximate surface area is 86.4 Å². The van der Waals surface area contributed by atoms with Gasteiger partial charge in [0.2, 0.25) is 0 Å². The van der Waals surface area contributed by atoms with Crippen LogP contribution in [0.25, 0.3) is 22.2 Å². The summed E-state index contributed by atoms with van der Waals surface area (Å²) in [5.74, 6) is 0.778. The molecule has 0 unspecified atom stereocenters. The molecular weight excluding hydrogens is 188 g/mol. The fourth-order valence-electron chi connectivity index (χ4n) is 1.59. The van der Waals surface area contributed by atoms with Gasteiger partial charge >= 0.3 is 0 Å². The van der Waals surface area contributed by atoms with Crippen molar-refractivity contribution >= 4 is 10.9 Å². The molecule has 0 saturated carbocycles. The molecule has 2 heterocycles. The number of benzene rings is 1. The van der Waals surface area contributed by atoms with E-state index in [1.807, 2.05) is 30.3 Å². The summed E-state index contributed by atoms with van der Waals surface area (Å²) in [5, 5.41) is 1.10. The summed E-state index contributed by atoms with van der Waals surface area (Å²) >= 11 is 0. The Balaban J connectivity index is 2.22. The minimum Gasteiger partial charge on any atom is -0.444 e. The van der Waals surface area contributed by atoms with Crippen LogP contribution < -0.4 is 0 Å². The summed E-state index contributed by atoms with van der Waals surface area (Å²) in [7, 11) is 0. The maximum absolute atomic E-state index is 5.24. The van der Waals surface area contributed by atoms with Gasteiger partial charge in [-0.3, -0.25) is 4.98 Å². The van der Waals surface area contributed by atoms with Crippen molar-refractivity contribution in [3.05, 3.63) is 49.1 Å². The Hall–Kier alpha value is -2.16. The molecule has 3 rings (SSSR count). The summed E-state index contributed by atoms with van der Waals surface area (Å²) in [6.07, 6.45) is 4.93. The van der Waals surface area contributed by atoms with Gasteiger partial charge in [-0.25, -0.2) is 4.98 Å². The smallest absolute Gasteiger partial charge is 0.181 e. The Morgan fingerprint density at radius 2 is 2.13 bits per heavy atom. The lowest BCUT2D eigenvalue weighted by Gasteiger charge is -1.99. The first-order valence-corrected chi connectivity index (χ1v) is 4.67. The summed E-state index contributed by atoms with van der Waals surface area (Å²) in [6.45, 7) is 0. The van der Waals surface area contributed by atoms with Crippen molar-refractivity contribution in [2.24, 2.45) is 0 Å². The van der Waals surface area contributed by atoms with E-state index in [4.69, 9.17) is 4.42 Å². The quantitative estimate of drug-likeness (QED) is 0.600. The fraction of sp³-hybridized carbons (Fsp3) is 0. The van der Waals surface area contributed by atoms with Gasteiger partial charge in [0.1, 0.15) is 0 Å². The number of aromatic nitrogens is 2. The van der Waals surface area contributed by atoms with E-state index >= 15 is 0 Å². The van der Waals surface area contributed by atoms with Gasteiger partial charge in [-0.2, -0.15) is 0 Å². The molecule has 0 radical (unpaired) electrons. The van der Waals surface area contributed by atoms with Crippen LogP contribution >= 0.6 is 0 Å². The van der Waals surface area contributed by atoms with E-state index in [9.17, 15) is 0 Å². The molecule has 0 spiro atoms. The summed E-state index contributed by atoms with van der Waals surface area (Å²) in [4.78, 5) is 8.15. The van der Waals surface area contributed by atoms with Crippen LogP contribution in [0.4, 0.5) is 0 Å². The molecule has 15 heavy (non-hydrogen) atoms. The topological polar surface area (TPSA) is 38.9 Å². The summed E-state index contributed by atoms with van der Waals surface area (Å²) in [6, 6.07) is 9.96. The first kappa shape index (κ1) is 8.17. The largest absolute Gasteiger partial charge is 0.444 e. The second-order valence-corrected chi connectivity index (χ2v) is 3.28. The highest BCUT2D eigenvalue weighted by Gasteiger charge is 2.02. The van der Waals surface area contributed by atoms with Crippen LogP contribution in [0.3, 0.4) is 0 Å². The Morgan fingerprint density at radius 3 is 3.00 bits per heavy atom. The van der Waals surface area contributed by atoms with E-state index in [1.165, 1.54) is 6.39 Å². The molecule has 2 aromatic heterocycles. The van der Waals surface area contributed by atoms with Gasteiger partial charge in [0, 0.05) is 17.1 Å². The predicted octanol–water partition coefficient (Wildman–Crippen LogP) is 2.89. The lowest BCUT2D eigenvalue weighted by Crippen LogP contribution is -1.79. The first-order chi connectivity index (χ1) is 7.43. The van der Waals surface area contributed by atoms with E-state index in [0.29, 0.717) is 0 Å². The number of oxazole rings is 1. The Kier molecular flexibility index (Phi) is 1.75. The minimum absolute atomic E-state index is 0.778. The van der Waals surface area contributed by atoms with Crippen molar-refractivity contribution in [1.82, 2.24) is 9.97 Å². The third kappa shape index (κ3) is 1.38. The zero-order chi connectivity index (χ0) is 10.1. The molecule has 3 heteroatoms. The van der Waals surface area contributed by atoms with Crippen LogP contribution in [-0.4, -0.2) is 9.97 Å². The average Bonchev–Trinajstić information content (AvgIpc) is 2.82. The number of hydrogen-bond acceptors (Lipinski definition) is 3. The van der Waals surface area contributed by atoms with E-state index in [0.717, 1.165) is 22.2 Å². The molecule has 0 bridgehead atoms. The van der Waals surface area contributed by atoms with Crippen molar-refractivity contribution < 1.29 is 4.42 Å². The Bertz CT molecular complexity index is 587. The lowest BCUT2D eigenvalue weighted by atomic mass is 10.1. The van der Waals surface area contributed by atoms with Crippen LogP contribution in [0, 0.1) is 0 Å². The van der Waals surface area contributed by atoms with Crippen LogP contribution in [0.1, 0.15) is 0 Å². The van der Waals surface area contributed by atoms with Gasteiger partial charge in [-0.1, -0.05) is 6.07 Å². The van der Waals surface area contributed by atoms with Gasteiger partial charge in [0.05, 0.1) is 11.7 Å². The van der Waals surface area contributed by atoms with E-state index < -0.39 is 0 Å². The number of nitrogens with zero attached hydrogens (tertiary/aromatic N) is 2. The lowest BCUT2D eigenvalue weighted by molar-refractivity contribution is 0.572. The molecule has 0 fully saturated rings. The third-order valence-electron chi connectivity index (χ3n) is 2.32. The Morgan fingerprint density at radius 1 is 1.13 bits per heavy atom. The molecule has 0 aliphatic carbocycles. The standard InChI is InChI=1S/C12H8N2O/c1-2-9-6-10(12-7-13-8-15-12)3-4-11(9)14-5-1/h1-8H. The van der Waals surface area contributed by atoms with Crippen molar-refractivity contribution in [2.45, 2.75) is 0 Å². The predicted molar refractivity (Wildman–Crippen MR) is 57.2 cm³/mol. The van der Waals surface area contributed by atoms with Crippen molar-refractivity contribution in [2.75, 3.05) is 0 Å². The highest BCUT2D eigenvalue weighted by Crippen LogP contribution is 2.22. The van der Waals surface area contributed by atoms with Gasteiger partial charge < -0.3 is 4.42 Å². The second kappa shape index (κ2) is 3.20. The third-order valence-corrected chi connectivity index (χ3v) is 2.32. The van der Waals surface area contributed by atoms with Crippen LogP contribution in [0.5, 0.6) is 0 Å². The number of rotatable bonds is 1. The molecule has 3 aromatic rings. The van der Waals surface area contributed by atoms with Crippen molar-refractivity contribution in [1.29, 1.82) is 0 Å². The maximum atomic E-state index is 5.24. The molecule has 72 valence electrons. The molecule has 1 aromatic carbocycles. The molecule has 0 atom stereocenters. The number of pyridine rings is 1. The highest BCUT2D eigenvalue weighted by molar-refractivity contribution is 5.83. The number of fused-ring (bicyclic) bond motifs is 1. The average molecular weight is 196 g/mol. The van der Waals surface area contributed by atoms with E-state index in [2.05, 4.69) is 9.97 Å².